The van der Waals surface area contributed by atoms with Crippen LogP contribution in [0.5, 0.6) is 0 Å². The minimum Gasteiger partial charge on any atom is -0.344 e. The van der Waals surface area contributed by atoms with Gasteiger partial charge in [-0.2, -0.15) is 0 Å². The summed E-state index contributed by atoms with van der Waals surface area (Å²) in [7, 11) is 0. The highest BCUT2D eigenvalue weighted by atomic mass is 16.6. The van der Waals surface area contributed by atoms with Crippen molar-refractivity contribution in [1.29, 1.82) is 0 Å². The van der Waals surface area contributed by atoms with Crippen LogP contribution in [0.4, 0.5) is 5.69 Å². The molecule has 9 nitrogen and oxygen atoms in total. The molecule has 0 radical (unpaired) electrons. The van der Waals surface area contributed by atoms with E-state index in [2.05, 4.69) is 15.6 Å². The van der Waals surface area contributed by atoms with Gasteiger partial charge in [0.15, 0.2) is 5.69 Å². The molecule has 1 saturated carbocycles. The highest BCUT2D eigenvalue weighted by Crippen LogP contribution is 2.29. The van der Waals surface area contributed by atoms with Crippen molar-refractivity contribution < 1.29 is 9.72 Å². The second kappa shape index (κ2) is 6.60. The second-order valence-corrected chi connectivity index (χ2v) is 6.36. The first kappa shape index (κ1) is 17.0. The van der Waals surface area contributed by atoms with Crippen molar-refractivity contribution in [1.82, 2.24) is 20.3 Å². The van der Waals surface area contributed by atoms with Gasteiger partial charge in [-0.1, -0.05) is 24.1 Å². The molecule has 1 aromatic heterocycles. The molecular weight excluding hydrogens is 324 g/mol. The van der Waals surface area contributed by atoms with Gasteiger partial charge in [0.05, 0.1) is 21.8 Å². The van der Waals surface area contributed by atoms with E-state index in [0.717, 1.165) is 25.7 Å². The van der Waals surface area contributed by atoms with Gasteiger partial charge in [-0.15, -0.1) is 5.10 Å². The van der Waals surface area contributed by atoms with Gasteiger partial charge in [0.2, 0.25) is 0 Å². The molecular formula is C16H20N6O3. The lowest BCUT2D eigenvalue weighted by Crippen LogP contribution is -2.51. The Kier molecular flexibility index (Phi) is 4.49. The number of nitro benzene ring substituents is 1. The van der Waals surface area contributed by atoms with E-state index >= 15 is 0 Å². The fourth-order valence-electron chi connectivity index (χ4n) is 3.25. The van der Waals surface area contributed by atoms with Crippen molar-refractivity contribution >= 4 is 11.6 Å². The molecule has 25 heavy (non-hydrogen) atoms. The number of rotatable bonds is 5. The first-order valence-corrected chi connectivity index (χ1v) is 8.15. The summed E-state index contributed by atoms with van der Waals surface area (Å²) in [5.41, 5.74) is 6.63. The third-order valence-corrected chi connectivity index (χ3v) is 4.72. The number of hydrogen-bond donors (Lipinski definition) is 2. The third-order valence-electron chi connectivity index (χ3n) is 4.72. The Bertz CT molecular complexity index is 810. The maximum Gasteiger partial charge on any atom is 0.274 e. The van der Waals surface area contributed by atoms with Crippen molar-refractivity contribution in [3.05, 3.63) is 45.8 Å². The molecule has 0 aliphatic heterocycles. The minimum atomic E-state index is -0.478. The molecule has 1 heterocycles. The maximum atomic E-state index is 12.6. The molecule has 1 amide bonds. The highest BCUT2D eigenvalue weighted by Gasteiger charge is 2.35. The summed E-state index contributed by atoms with van der Waals surface area (Å²) in [5, 5.41) is 21.9. The van der Waals surface area contributed by atoms with Gasteiger partial charge in [-0.25, -0.2) is 4.68 Å². The van der Waals surface area contributed by atoms with Gasteiger partial charge in [0.25, 0.3) is 11.6 Å². The molecule has 0 bridgehead atoms. The van der Waals surface area contributed by atoms with Crippen LogP contribution in [0.15, 0.2) is 24.3 Å². The number of hydrogen-bond acceptors (Lipinski definition) is 6. The first-order valence-electron chi connectivity index (χ1n) is 8.15. The molecule has 0 spiro atoms. The molecule has 0 saturated heterocycles. The molecule has 1 aromatic carbocycles. The van der Waals surface area contributed by atoms with Gasteiger partial charge in [0, 0.05) is 18.7 Å². The summed E-state index contributed by atoms with van der Waals surface area (Å²) >= 11 is 0. The Balaban J connectivity index is 1.87. The standard InChI is InChI=1S/C16H20N6O3/c1-11-14(15(23)18-16(10-17)7-2-3-8-16)19-20-21(11)12-5-4-6-13(9-12)22(24)25/h4-6,9H,2-3,7-8,10,17H2,1H3,(H,18,23). The third kappa shape index (κ3) is 3.22. The van der Waals surface area contributed by atoms with Crippen LogP contribution in [0.3, 0.4) is 0 Å². The fraction of sp³-hybridized carbons (Fsp3) is 0.438. The number of nitrogens with two attached hydrogens (primary N) is 1. The number of benzene rings is 1. The summed E-state index contributed by atoms with van der Waals surface area (Å²) in [4.78, 5) is 23.1. The Morgan fingerprint density at radius 1 is 1.44 bits per heavy atom. The zero-order valence-corrected chi connectivity index (χ0v) is 13.9. The van der Waals surface area contributed by atoms with E-state index in [4.69, 9.17) is 5.73 Å². The maximum absolute atomic E-state index is 12.6. The lowest BCUT2D eigenvalue weighted by atomic mass is 9.97. The number of nitrogens with zero attached hydrogens (tertiary/aromatic N) is 4. The Morgan fingerprint density at radius 2 is 2.16 bits per heavy atom. The van der Waals surface area contributed by atoms with Gasteiger partial charge in [-0.3, -0.25) is 14.9 Å². The van der Waals surface area contributed by atoms with Crippen LogP contribution in [-0.4, -0.2) is 37.9 Å². The van der Waals surface area contributed by atoms with Gasteiger partial charge >= 0.3 is 0 Å². The zero-order chi connectivity index (χ0) is 18.0. The van der Waals surface area contributed by atoms with E-state index < -0.39 is 4.92 Å². The average molecular weight is 344 g/mol. The van der Waals surface area contributed by atoms with Gasteiger partial charge in [-0.05, 0) is 25.8 Å². The summed E-state index contributed by atoms with van der Waals surface area (Å²) in [6.45, 7) is 2.09. The lowest BCUT2D eigenvalue weighted by Gasteiger charge is -2.28. The Labute approximate surface area is 144 Å². The monoisotopic (exact) mass is 344 g/mol. The van der Waals surface area contributed by atoms with Crippen LogP contribution in [0.25, 0.3) is 5.69 Å². The van der Waals surface area contributed by atoms with Gasteiger partial charge in [0.1, 0.15) is 0 Å². The smallest absolute Gasteiger partial charge is 0.274 e. The normalized spacial score (nSPS) is 15.9. The molecule has 1 aliphatic rings. The Hall–Kier alpha value is -2.81. The molecule has 1 aliphatic carbocycles. The molecule has 3 N–H and O–H groups in total. The van der Waals surface area contributed by atoms with Crippen molar-refractivity contribution in [2.75, 3.05) is 6.54 Å². The molecule has 0 atom stereocenters. The zero-order valence-electron chi connectivity index (χ0n) is 13.9. The average Bonchev–Trinajstić information content (AvgIpc) is 3.22. The predicted octanol–water partition coefficient (Wildman–Crippen LogP) is 1.49. The SMILES string of the molecule is Cc1c(C(=O)NC2(CN)CCCC2)nnn1-c1cccc([N+](=O)[O-])c1. The molecule has 132 valence electrons. The number of nitro groups is 1. The number of non-ortho nitro benzene ring substituents is 1. The molecule has 9 heteroatoms. The van der Waals surface area contributed by atoms with E-state index in [1.807, 2.05) is 0 Å². The topological polar surface area (TPSA) is 129 Å². The molecule has 0 unspecified atom stereocenters. The number of carbonyl (C=O) groups is 1. The lowest BCUT2D eigenvalue weighted by molar-refractivity contribution is -0.384. The fourth-order valence-corrected chi connectivity index (χ4v) is 3.25. The second-order valence-electron chi connectivity index (χ2n) is 6.36. The van der Waals surface area contributed by atoms with E-state index in [1.165, 1.54) is 16.8 Å². The molecule has 2 aromatic rings. The first-order chi connectivity index (χ1) is 12.0. The number of nitrogens with one attached hydrogen (secondary N) is 1. The van der Waals surface area contributed by atoms with Crippen molar-refractivity contribution in [3.63, 3.8) is 0 Å². The largest absolute Gasteiger partial charge is 0.344 e. The molecule has 1 fully saturated rings. The Morgan fingerprint density at radius 3 is 2.80 bits per heavy atom. The van der Waals surface area contributed by atoms with Gasteiger partial charge < -0.3 is 11.1 Å². The predicted molar refractivity (Wildman–Crippen MR) is 90.5 cm³/mol. The van der Waals surface area contributed by atoms with Crippen LogP contribution >= 0.6 is 0 Å². The van der Waals surface area contributed by atoms with Crippen molar-refractivity contribution in [3.8, 4) is 5.69 Å². The number of amides is 1. The van der Waals surface area contributed by atoms with Crippen LogP contribution in [0.2, 0.25) is 0 Å². The van der Waals surface area contributed by atoms with Crippen LogP contribution < -0.4 is 11.1 Å². The van der Waals surface area contributed by atoms with Crippen LogP contribution in [0.1, 0.15) is 41.9 Å². The summed E-state index contributed by atoms with van der Waals surface area (Å²) in [6.07, 6.45) is 3.79. The van der Waals surface area contributed by atoms with Crippen LogP contribution in [0, 0.1) is 17.0 Å². The summed E-state index contributed by atoms with van der Waals surface area (Å²) < 4.78 is 1.42. The number of carbonyl (C=O) groups excluding carboxylic acids is 1. The van der Waals surface area contributed by atoms with Crippen molar-refractivity contribution in [2.45, 2.75) is 38.1 Å². The van der Waals surface area contributed by atoms with Crippen LogP contribution in [-0.2, 0) is 0 Å². The van der Waals surface area contributed by atoms with E-state index in [1.54, 1.807) is 19.1 Å². The van der Waals surface area contributed by atoms with E-state index in [9.17, 15) is 14.9 Å². The van der Waals surface area contributed by atoms with E-state index in [-0.39, 0.29) is 22.8 Å². The summed E-state index contributed by atoms with van der Waals surface area (Å²) in [6, 6.07) is 6.03. The number of aromatic nitrogens is 3. The highest BCUT2D eigenvalue weighted by molar-refractivity contribution is 5.93. The van der Waals surface area contributed by atoms with Crippen molar-refractivity contribution in [2.24, 2.45) is 5.73 Å². The minimum absolute atomic E-state index is 0.0496. The summed E-state index contributed by atoms with van der Waals surface area (Å²) in [5.74, 6) is -0.318. The quantitative estimate of drug-likeness (QED) is 0.624. The molecule has 3 rings (SSSR count). The van der Waals surface area contributed by atoms with E-state index in [0.29, 0.717) is 17.9 Å².